The maximum atomic E-state index is 10.6. The number of rotatable bonds is 3. The van der Waals surface area contributed by atoms with Gasteiger partial charge in [-0.15, -0.1) is 0 Å². The molecule has 0 aliphatic carbocycles. The van der Waals surface area contributed by atoms with Gasteiger partial charge in [-0.25, -0.2) is 4.79 Å². The topological polar surface area (TPSA) is 76.2 Å². The molecule has 0 aliphatic heterocycles. The molecule has 0 amide bonds. The number of nitrogens with zero attached hydrogens (tertiary/aromatic N) is 2. The molecule has 2 rings (SSSR count). The van der Waals surface area contributed by atoms with E-state index >= 15 is 0 Å². The molecule has 1 aromatic carbocycles. The molecule has 0 fully saturated rings. The Morgan fingerprint density at radius 3 is 2.56 bits per heavy atom. The average molecular weight is 218 g/mol. The van der Waals surface area contributed by atoms with Crippen molar-refractivity contribution in [2.24, 2.45) is 0 Å². The number of aromatic carboxylic acids is 1. The summed E-state index contributed by atoms with van der Waals surface area (Å²) in [6, 6.07) is 6.61. The molecule has 0 spiro atoms. The van der Waals surface area contributed by atoms with Crippen molar-refractivity contribution in [2.75, 3.05) is 0 Å². The highest BCUT2D eigenvalue weighted by molar-refractivity contribution is 5.87. The largest absolute Gasteiger partial charge is 0.478 e. The van der Waals surface area contributed by atoms with E-state index in [0.717, 1.165) is 5.56 Å². The van der Waals surface area contributed by atoms with Crippen LogP contribution in [0.25, 0.3) is 0 Å². The number of aryl methyl sites for hydroxylation is 1. The van der Waals surface area contributed by atoms with Gasteiger partial charge >= 0.3 is 5.97 Å². The number of aromatic nitrogens is 2. The SMILES string of the molecule is Cc1nc(Cc2ccc(C(=O)O)cc2)no1. The first-order valence-electron chi connectivity index (χ1n) is 4.76. The van der Waals surface area contributed by atoms with Crippen LogP contribution in [0.3, 0.4) is 0 Å². The van der Waals surface area contributed by atoms with Gasteiger partial charge in [0.2, 0.25) is 5.89 Å². The van der Waals surface area contributed by atoms with Crippen molar-refractivity contribution in [3.05, 3.63) is 47.1 Å². The summed E-state index contributed by atoms with van der Waals surface area (Å²) in [6.45, 7) is 1.73. The Morgan fingerprint density at radius 2 is 2.06 bits per heavy atom. The third kappa shape index (κ3) is 2.25. The Kier molecular flexibility index (Phi) is 2.68. The molecule has 0 atom stereocenters. The zero-order valence-corrected chi connectivity index (χ0v) is 8.67. The molecule has 1 heterocycles. The van der Waals surface area contributed by atoms with Crippen molar-refractivity contribution in [2.45, 2.75) is 13.3 Å². The number of carbonyl (C=O) groups is 1. The lowest BCUT2D eigenvalue weighted by atomic mass is 10.1. The molecule has 0 bridgehead atoms. The molecule has 16 heavy (non-hydrogen) atoms. The fourth-order valence-electron chi connectivity index (χ4n) is 1.36. The van der Waals surface area contributed by atoms with Crippen LogP contribution in [0.1, 0.15) is 27.6 Å². The van der Waals surface area contributed by atoms with E-state index in [2.05, 4.69) is 10.1 Å². The number of carboxylic acids is 1. The highest BCUT2D eigenvalue weighted by Gasteiger charge is 2.05. The quantitative estimate of drug-likeness (QED) is 0.847. The van der Waals surface area contributed by atoms with Crippen molar-refractivity contribution < 1.29 is 14.4 Å². The van der Waals surface area contributed by atoms with Gasteiger partial charge in [0.05, 0.1) is 5.56 Å². The van der Waals surface area contributed by atoms with E-state index in [4.69, 9.17) is 9.63 Å². The summed E-state index contributed by atoms with van der Waals surface area (Å²) >= 11 is 0. The summed E-state index contributed by atoms with van der Waals surface area (Å²) in [4.78, 5) is 14.7. The summed E-state index contributed by atoms with van der Waals surface area (Å²) in [5.74, 6) is 0.194. The fraction of sp³-hybridized carbons (Fsp3) is 0.182. The molecule has 0 saturated heterocycles. The first-order chi connectivity index (χ1) is 7.65. The average Bonchev–Trinajstić information content (AvgIpc) is 2.65. The van der Waals surface area contributed by atoms with Crippen LogP contribution in [0.5, 0.6) is 0 Å². The molecule has 0 saturated carbocycles. The van der Waals surface area contributed by atoms with Gasteiger partial charge in [0.15, 0.2) is 5.82 Å². The predicted octanol–water partition coefficient (Wildman–Crippen LogP) is 1.67. The first kappa shape index (κ1) is 10.4. The highest BCUT2D eigenvalue weighted by Crippen LogP contribution is 2.08. The minimum Gasteiger partial charge on any atom is -0.478 e. The number of hydrogen-bond donors (Lipinski definition) is 1. The number of carboxylic acid groups (broad SMARTS) is 1. The number of hydrogen-bond acceptors (Lipinski definition) is 4. The smallest absolute Gasteiger partial charge is 0.335 e. The summed E-state index contributed by atoms with van der Waals surface area (Å²) in [7, 11) is 0. The Balaban J connectivity index is 2.14. The second kappa shape index (κ2) is 4.14. The molecule has 82 valence electrons. The van der Waals surface area contributed by atoms with E-state index in [9.17, 15) is 4.79 Å². The van der Waals surface area contributed by atoms with Gasteiger partial charge in [0, 0.05) is 13.3 Å². The van der Waals surface area contributed by atoms with Gasteiger partial charge < -0.3 is 9.63 Å². The maximum Gasteiger partial charge on any atom is 0.335 e. The zero-order valence-electron chi connectivity index (χ0n) is 8.67. The summed E-state index contributed by atoms with van der Waals surface area (Å²) in [6.07, 6.45) is 0.539. The molecule has 2 aromatic rings. The number of benzene rings is 1. The fourth-order valence-corrected chi connectivity index (χ4v) is 1.36. The van der Waals surface area contributed by atoms with Crippen LogP contribution in [0.15, 0.2) is 28.8 Å². The van der Waals surface area contributed by atoms with Crippen molar-refractivity contribution in [1.29, 1.82) is 0 Å². The van der Waals surface area contributed by atoms with Crippen molar-refractivity contribution >= 4 is 5.97 Å². The van der Waals surface area contributed by atoms with Crippen molar-refractivity contribution in [1.82, 2.24) is 10.1 Å². The summed E-state index contributed by atoms with van der Waals surface area (Å²) in [5, 5.41) is 12.5. The lowest BCUT2D eigenvalue weighted by Crippen LogP contribution is -1.97. The lowest BCUT2D eigenvalue weighted by molar-refractivity contribution is 0.0697. The van der Waals surface area contributed by atoms with Crippen LogP contribution in [0.4, 0.5) is 0 Å². The highest BCUT2D eigenvalue weighted by atomic mass is 16.5. The Bertz CT molecular complexity index is 502. The maximum absolute atomic E-state index is 10.6. The minimum atomic E-state index is -0.929. The third-order valence-corrected chi connectivity index (χ3v) is 2.13. The second-order valence-corrected chi connectivity index (χ2v) is 3.41. The van der Waals surface area contributed by atoms with Crippen LogP contribution in [-0.2, 0) is 6.42 Å². The van der Waals surface area contributed by atoms with E-state index in [1.165, 1.54) is 0 Å². The van der Waals surface area contributed by atoms with Gasteiger partial charge in [-0.05, 0) is 17.7 Å². The molecule has 5 nitrogen and oxygen atoms in total. The Morgan fingerprint density at radius 1 is 1.38 bits per heavy atom. The van der Waals surface area contributed by atoms with Gasteiger partial charge in [0.1, 0.15) is 0 Å². The molecule has 5 heteroatoms. The Labute approximate surface area is 91.7 Å². The van der Waals surface area contributed by atoms with E-state index in [1.807, 2.05) is 0 Å². The lowest BCUT2D eigenvalue weighted by Gasteiger charge is -1.97. The van der Waals surface area contributed by atoms with Crippen molar-refractivity contribution in [3.63, 3.8) is 0 Å². The van der Waals surface area contributed by atoms with Gasteiger partial charge in [-0.3, -0.25) is 0 Å². The van der Waals surface area contributed by atoms with Gasteiger partial charge in [-0.2, -0.15) is 4.98 Å². The van der Waals surface area contributed by atoms with Crippen LogP contribution in [0.2, 0.25) is 0 Å². The molecule has 0 aliphatic rings. The van der Waals surface area contributed by atoms with E-state index in [1.54, 1.807) is 31.2 Å². The predicted molar refractivity (Wildman–Crippen MR) is 55.2 cm³/mol. The molecule has 0 radical (unpaired) electrons. The van der Waals surface area contributed by atoms with Crippen LogP contribution >= 0.6 is 0 Å². The van der Waals surface area contributed by atoms with Crippen LogP contribution < -0.4 is 0 Å². The molecule has 1 N–H and O–H groups in total. The molecule has 1 aromatic heterocycles. The van der Waals surface area contributed by atoms with Crippen molar-refractivity contribution in [3.8, 4) is 0 Å². The minimum absolute atomic E-state index is 0.271. The monoisotopic (exact) mass is 218 g/mol. The summed E-state index contributed by atoms with van der Waals surface area (Å²) < 4.78 is 4.84. The Hall–Kier alpha value is -2.17. The van der Waals surface area contributed by atoms with E-state index in [-0.39, 0.29) is 5.56 Å². The molecular weight excluding hydrogens is 208 g/mol. The van der Waals surface area contributed by atoms with E-state index in [0.29, 0.717) is 18.1 Å². The van der Waals surface area contributed by atoms with Gasteiger partial charge in [0.25, 0.3) is 0 Å². The standard InChI is InChI=1S/C11H10N2O3/c1-7-12-10(13-16-7)6-8-2-4-9(5-3-8)11(14)15/h2-5H,6H2,1H3,(H,14,15). The van der Waals surface area contributed by atoms with E-state index < -0.39 is 5.97 Å². The molecule has 0 unspecified atom stereocenters. The third-order valence-electron chi connectivity index (χ3n) is 2.13. The van der Waals surface area contributed by atoms with Gasteiger partial charge in [-0.1, -0.05) is 17.3 Å². The van der Waals surface area contributed by atoms with Crippen LogP contribution in [-0.4, -0.2) is 21.2 Å². The first-order valence-corrected chi connectivity index (χ1v) is 4.76. The molecular formula is C11H10N2O3. The normalized spacial score (nSPS) is 10.3. The summed E-state index contributed by atoms with van der Waals surface area (Å²) in [5.41, 5.74) is 1.22. The zero-order chi connectivity index (χ0) is 11.5. The second-order valence-electron chi connectivity index (χ2n) is 3.41. The van der Waals surface area contributed by atoms with Crippen LogP contribution in [0, 0.1) is 6.92 Å².